The van der Waals surface area contributed by atoms with E-state index in [9.17, 15) is 9.90 Å². The molecule has 3 N–H and O–H groups in total. The fourth-order valence-electron chi connectivity index (χ4n) is 2.00. The van der Waals surface area contributed by atoms with Crippen LogP contribution in [0.4, 0.5) is 0 Å². The van der Waals surface area contributed by atoms with Crippen molar-refractivity contribution in [1.29, 1.82) is 0 Å². The summed E-state index contributed by atoms with van der Waals surface area (Å²) < 4.78 is 0. The highest BCUT2D eigenvalue weighted by atomic mass is 16.3. The Morgan fingerprint density at radius 1 is 1.39 bits per heavy atom. The minimum absolute atomic E-state index is 0.432. The van der Waals surface area contributed by atoms with Gasteiger partial charge in [-0.25, -0.2) is 0 Å². The lowest BCUT2D eigenvalue weighted by atomic mass is 9.93. The molecule has 0 fully saturated rings. The van der Waals surface area contributed by atoms with Crippen LogP contribution in [0.3, 0.4) is 0 Å². The number of hydrogen-bond donors (Lipinski definition) is 2. The van der Waals surface area contributed by atoms with Crippen LogP contribution in [0.2, 0.25) is 0 Å². The summed E-state index contributed by atoms with van der Waals surface area (Å²) in [6.45, 7) is 3.57. The summed E-state index contributed by atoms with van der Waals surface area (Å²) in [4.78, 5) is 11.2. The van der Waals surface area contributed by atoms with Crippen molar-refractivity contribution in [1.82, 2.24) is 0 Å². The summed E-state index contributed by atoms with van der Waals surface area (Å²) in [6.07, 6.45) is 3.70. The number of primary amides is 1. The summed E-state index contributed by atoms with van der Waals surface area (Å²) in [7, 11) is 0. The Bertz CT molecular complexity index is 375. The first-order chi connectivity index (χ1) is 8.65. The minimum atomic E-state index is -0.677. The Labute approximate surface area is 108 Å². The number of aliphatic hydroxyl groups is 1. The van der Waals surface area contributed by atoms with Gasteiger partial charge >= 0.3 is 0 Å². The van der Waals surface area contributed by atoms with Gasteiger partial charge in [0.1, 0.15) is 0 Å². The number of carbonyl (C=O) groups is 1. The van der Waals surface area contributed by atoms with Crippen LogP contribution < -0.4 is 5.73 Å². The van der Waals surface area contributed by atoms with Gasteiger partial charge < -0.3 is 10.8 Å². The molecule has 0 saturated carbocycles. The van der Waals surface area contributed by atoms with Crippen molar-refractivity contribution in [2.75, 3.05) is 0 Å². The molecule has 1 aromatic carbocycles. The molecule has 0 bridgehead atoms. The first kappa shape index (κ1) is 14.5. The van der Waals surface area contributed by atoms with Gasteiger partial charge in [0.2, 0.25) is 5.91 Å². The van der Waals surface area contributed by atoms with Crippen molar-refractivity contribution in [2.24, 2.45) is 11.7 Å². The number of allylic oxidation sites excluding steroid dienone is 1. The zero-order valence-corrected chi connectivity index (χ0v) is 10.6. The van der Waals surface area contributed by atoms with Gasteiger partial charge in [-0.2, -0.15) is 0 Å². The predicted molar refractivity (Wildman–Crippen MR) is 72.9 cm³/mol. The van der Waals surface area contributed by atoms with Crippen LogP contribution in [0.1, 0.15) is 24.8 Å². The lowest BCUT2D eigenvalue weighted by Crippen LogP contribution is -2.33. The number of amides is 1. The van der Waals surface area contributed by atoms with Crippen LogP contribution in [0.5, 0.6) is 0 Å². The molecular formula is C15H21NO2. The third-order valence-electron chi connectivity index (χ3n) is 3.06. The summed E-state index contributed by atoms with van der Waals surface area (Å²) in [5.41, 5.74) is 6.50. The van der Waals surface area contributed by atoms with E-state index in [1.54, 1.807) is 6.08 Å². The van der Waals surface area contributed by atoms with Crippen molar-refractivity contribution in [3.8, 4) is 0 Å². The second-order valence-corrected chi connectivity index (χ2v) is 4.48. The quantitative estimate of drug-likeness (QED) is 0.690. The number of aliphatic hydroxyl groups excluding tert-OH is 1. The van der Waals surface area contributed by atoms with Crippen molar-refractivity contribution < 1.29 is 9.90 Å². The van der Waals surface area contributed by atoms with Crippen molar-refractivity contribution >= 4 is 5.91 Å². The summed E-state index contributed by atoms with van der Waals surface area (Å²) in [5, 5.41) is 9.94. The number of benzene rings is 1. The topological polar surface area (TPSA) is 63.3 Å². The average Bonchev–Trinajstić information content (AvgIpc) is 2.36. The fourth-order valence-corrected chi connectivity index (χ4v) is 2.00. The van der Waals surface area contributed by atoms with E-state index < -0.39 is 17.9 Å². The van der Waals surface area contributed by atoms with E-state index in [-0.39, 0.29) is 0 Å². The van der Waals surface area contributed by atoms with Crippen LogP contribution in [-0.2, 0) is 11.2 Å². The van der Waals surface area contributed by atoms with Crippen molar-refractivity contribution in [3.05, 3.63) is 48.6 Å². The first-order valence-corrected chi connectivity index (χ1v) is 6.27. The van der Waals surface area contributed by atoms with Crippen LogP contribution in [0, 0.1) is 5.92 Å². The molecule has 0 aliphatic carbocycles. The third-order valence-corrected chi connectivity index (χ3v) is 3.06. The molecule has 1 aromatic rings. The Balaban J connectivity index is 2.37. The van der Waals surface area contributed by atoms with Gasteiger partial charge in [0, 0.05) is 0 Å². The SMILES string of the molecule is C=CC[C@@H](C(N)=O)[C@H](O)CCCc1ccccc1. The zero-order chi connectivity index (χ0) is 13.4. The molecule has 0 unspecified atom stereocenters. The van der Waals surface area contributed by atoms with Crippen LogP contribution in [0.25, 0.3) is 0 Å². The Kier molecular flexibility index (Phi) is 6.15. The predicted octanol–water partition coefficient (Wildman–Crippen LogP) is 2.05. The molecular weight excluding hydrogens is 226 g/mol. The molecule has 1 rings (SSSR count). The second kappa shape index (κ2) is 7.67. The Morgan fingerprint density at radius 2 is 2.06 bits per heavy atom. The van der Waals surface area contributed by atoms with Crippen LogP contribution >= 0.6 is 0 Å². The molecule has 98 valence electrons. The van der Waals surface area contributed by atoms with E-state index in [0.717, 1.165) is 12.8 Å². The monoisotopic (exact) mass is 247 g/mol. The molecule has 0 aliphatic rings. The lowest BCUT2D eigenvalue weighted by Gasteiger charge is -2.18. The molecule has 0 heterocycles. The molecule has 0 radical (unpaired) electrons. The standard InChI is InChI=1S/C15H21NO2/c1-2-7-13(15(16)18)14(17)11-6-10-12-8-4-3-5-9-12/h2-5,8-9,13-14,17H,1,6-7,10-11H2,(H2,16,18)/t13-,14-/m1/s1. The van der Waals surface area contributed by atoms with E-state index in [1.807, 2.05) is 18.2 Å². The summed E-state index contributed by atoms with van der Waals surface area (Å²) >= 11 is 0. The maximum atomic E-state index is 11.2. The van der Waals surface area contributed by atoms with E-state index in [1.165, 1.54) is 5.56 Å². The Hall–Kier alpha value is -1.61. The molecule has 3 nitrogen and oxygen atoms in total. The smallest absolute Gasteiger partial charge is 0.223 e. The van der Waals surface area contributed by atoms with E-state index >= 15 is 0 Å². The van der Waals surface area contributed by atoms with Crippen molar-refractivity contribution in [3.63, 3.8) is 0 Å². The van der Waals surface area contributed by atoms with E-state index in [0.29, 0.717) is 12.8 Å². The maximum absolute atomic E-state index is 11.2. The molecule has 0 spiro atoms. The fraction of sp³-hybridized carbons (Fsp3) is 0.400. The van der Waals surface area contributed by atoms with Gasteiger partial charge in [0.05, 0.1) is 12.0 Å². The van der Waals surface area contributed by atoms with Gasteiger partial charge in [-0.3, -0.25) is 4.79 Å². The van der Waals surface area contributed by atoms with Gasteiger partial charge in [-0.05, 0) is 31.2 Å². The molecule has 0 saturated heterocycles. The zero-order valence-electron chi connectivity index (χ0n) is 10.6. The summed E-state index contributed by atoms with van der Waals surface area (Å²) in [5.74, 6) is -0.972. The number of rotatable bonds is 8. The lowest BCUT2D eigenvalue weighted by molar-refractivity contribution is -0.125. The molecule has 2 atom stereocenters. The van der Waals surface area contributed by atoms with E-state index in [4.69, 9.17) is 5.73 Å². The molecule has 18 heavy (non-hydrogen) atoms. The normalized spacial score (nSPS) is 13.8. The number of aryl methyl sites for hydroxylation is 1. The van der Waals surface area contributed by atoms with Crippen LogP contribution in [0.15, 0.2) is 43.0 Å². The number of carbonyl (C=O) groups excluding carboxylic acids is 1. The van der Waals surface area contributed by atoms with E-state index in [2.05, 4.69) is 18.7 Å². The highest BCUT2D eigenvalue weighted by Crippen LogP contribution is 2.15. The molecule has 3 heteroatoms. The molecule has 1 amide bonds. The Morgan fingerprint density at radius 3 is 2.61 bits per heavy atom. The first-order valence-electron chi connectivity index (χ1n) is 6.27. The molecule has 0 aliphatic heterocycles. The highest BCUT2D eigenvalue weighted by Gasteiger charge is 2.22. The maximum Gasteiger partial charge on any atom is 0.223 e. The average molecular weight is 247 g/mol. The molecule has 0 aromatic heterocycles. The number of nitrogens with two attached hydrogens (primary N) is 1. The van der Waals surface area contributed by atoms with Crippen LogP contribution in [-0.4, -0.2) is 17.1 Å². The highest BCUT2D eigenvalue weighted by molar-refractivity contribution is 5.77. The largest absolute Gasteiger partial charge is 0.392 e. The van der Waals surface area contributed by atoms with Gasteiger partial charge in [0.25, 0.3) is 0 Å². The van der Waals surface area contributed by atoms with Gasteiger partial charge in [-0.15, -0.1) is 6.58 Å². The van der Waals surface area contributed by atoms with Crippen molar-refractivity contribution in [2.45, 2.75) is 31.8 Å². The van der Waals surface area contributed by atoms with Gasteiger partial charge in [-0.1, -0.05) is 36.4 Å². The summed E-state index contributed by atoms with van der Waals surface area (Å²) in [6, 6.07) is 10.1. The number of hydrogen-bond acceptors (Lipinski definition) is 2. The third kappa shape index (κ3) is 4.72. The second-order valence-electron chi connectivity index (χ2n) is 4.48. The van der Waals surface area contributed by atoms with Gasteiger partial charge in [0.15, 0.2) is 0 Å². The minimum Gasteiger partial charge on any atom is -0.392 e.